The number of ether oxygens (including phenoxy) is 3. The van der Waals surface area contributed by atoms with Crippen molar-refractivity contribution in [3.63, 3.8) is 0 Å². The molecule has 0 spiro atoms. The zero-order valence-corrected chi connectivity index (χ0v) is 23.2. The summed E-state index contributed by atoms with van der Waals surface area (Å²) in [6, 6.07) is 0. The number of esters is 3. The Hall–Kier alpha value is -2.74. The van der Waals surface area contributed by atoms with Gasteiger partial charge in [-0.15, -0.1) is 0 Å². The number of aliphatic hydroxyl groups excluding tert-OH is 1. The van der Waals surface area contributed by atoms with Gasteiger partial charge in [0.15, 0.2) is 5.78 Å². The summed E-state index contributed by atoms with van der Waals surface area (Å²) < 4.78 is 17.2. The van der Waals surface area contributed by atoms with E-state index in [9.17, 15) is 24.3 Å². The van der Waals surface area contributed by atoms with Gasteiger partial charge in [0.05, 0.1) is 0 Å². The van der Waals surface area contributed by atoms with Crippen LogP contribution in [-0.4, -0.2) is 47.3 Å². The molecule has 0 aromatic carbocycles. The fourth-order valence-corrected chi connectivity index (χ4v) is 9.06. The average Bonchev–Trinajstić information content (AvgIpc) is 3.33. The smallest absolute Gasteiger partial charge is 0.336 e. The van der Waals surface area contributed by atoms with E-state index in [1.165, 1.54) is 19.9 Å². The molecule has 0 aromatic rings. The van der Waals surface area contributed by atoms with Gasteiger partial charge in [-0.05, 0) is 48.7 Å². The molecule has 8 heteroatoms. The highest BCUT2D eigenvalue weighted by molar-refractivity contribution is 5.96. The van der Waals surface area contributed by atoms with Gasteiger partial charge in [-0.1, -0.05) is 52.3 Å². The van der Waals surface area contributed by atoms with Gasteiger partial charge in [0.1, 0.15) is 12.2 Å². The molecular weight excluding hydrogens is 488 g/mol. The predicted octanol–water partition coefficient (Wildman–Crippen LogP) is 3.82. The Bertz CT molecular complexity index is 1210. The molecule has 5 rings (SSSR count). The standard InChI is InChI=1S/C30H38O8/c1-15(31)36-23-14-21-28(5)11-10-22(33)27(3,4)20(28)13-24(37-16(2)32)30(21,7)19-9-8-18(29(19,23)6)17-12-25(34)38-26(17)35/h9-12,18,20-21,23-25,34H,8,13-14H2,1-7H3/t18-,20-,21+,23-,24+,25?,28-,29-,30-/m0/s1. The summed E-state index contributed by atoms with van der Waals surface area (Å²) in [6.45, 7) is 13.0. The summed E-state index contributed by atoms with van der Waals surface area (Å²) in [4.78, 5) is 50.6. The van der Waals surface area contributed by atoms with E-state index >= 15 is 0 Å². The van der Waals surface area contributed by atoms with Gasteiger partial charge in [-0.25, -0.2) is 4.79 Å². The highest BCUT2D eigenvalue weighted by Crippen LogP contribution is 2.72. The molecule has 206 valence electrons. The second-order valence-corrected chi connectivity index (χ2v) is 12.9. The minimum atomic E-state index is -1.31. The molecule has 0 amide bonds. The molecule has 1 N–H and O–H groups in total. The Balaban J connectivity index is 1.71. The summed E-state index contributed by atoms with van der Waals surface area (Å²) in [6.07, 6.45) is 6.31. The van der Waals surface area contributed by atoms with Crippen molar-refractivity contribution in [3.05, 3.63) is 35.5 Å². The molecule has 0 radical (unpaired) electrons. The molecule has 2 fully saturated rings. The zero-order chi connectivity index (χ0) is 28.0. The monoisotopic (exact) mass is 526 g/mol. The van der Waals surface area contributed by atoms with Crippen LogP contribution in [0.5, 0.6) is 0 Å². The topological polar surface area (TPSA) is 116 Å². The molecule has 0 aromatic heterocycles. The first-order chi connectivity index (χ1) is 17.6. The van der Waals surface area contributed by atoms with E-state index < -0.39 is 58.1 Å². The normalized spacial score (nSPS) is 44.7. The summed E-state index contributed by atoms with van der Waals surface area (Å²) >= 11 is 0. The van der Waals surface area contributed by atoms with Crippen LogP contribution in [0.15, 0.2) is 35.5 Å². The van der Waals surface area contributed by atoms with E-state index in [1.807, 2.05) is 26.8 Å². The van der Waals surface area contributed by atoms with Crippen molar-refractivity contribution in [3.8, 4) is 0 Å². The van der Waals surface area contributed by atoms with Crippen LogP contribution < -0.4 is 0 Å². The van der Waals surface area contributed by atoms with Crippen molar-refractivity contribution in [2.75, 3.05) is 0 Å². The Kier molecular flexibility index (Phi) is 5.92. The van der Waals surface area contributed by atoms with E-state index in [1.54, 1.807) is 6.08 Å². The third-order valence-corrected chi connectivity index (χ3v) is 10.8. The number of carbonyl (C=O) groups excluding carboxylic acids is 4. The quantitative estimate of drug-likeness (QED) is 0.335. The summed E-state index contributed by atoms with van der Waals surface area (Å²) in [5.74, 6) is -1.94. The number of hydrogen-bond acceptors (Lipinski definition) is 8. The van der Waals surface area contributed by atoms with Crippen molar-refractivity contribution in [2.45, 2.75) is 86.2 Å². The summed E-state index contributed by atoms with van der Waals surface area (Å²) in [5.41, 5.74) is -1.19. The number of aliphatic hydroxyl groups is 1. The molecule has 0 bridgehead atoms. The van der Waals surface area contributed by atoms with Gasteiger partial charge in [0.25, 0.3) is 0 Å². The van der Waals surface area contributed by atoms with Crippen molar-refractivity contribution < 1.29 is 38.5 Å². The predicted molar refractivity (Wildman–Crippen MR) is 136 cm³/mol. The Morgan fingerprint density at radius 1 is 0.947 bits per heavy atom. The molecule has 1 aliphatic heterocycles. The van der Waals surface area contributed by atoms with Crippen LogP contribution in [0.4, 0.5) is 0 Å². The maximum Gasteiger partial charge on any atom is 0.336 e. The molecule has 4 aliphatic carbocycles. The van der Waals surface area contributed by atoms with Gasteiger partial charge in [-0.2, -0.15) is 0 Å². The van der Waals surface area contributed by atoms with Gasteiger partial charge >= 0.3 is 17.9 Å². The second-order valence-electron chi connectivity index (χ2n) is 12.9. The first kappa shape index (κ1) is 26.9. The van der Waals surface area contributed by atoms with Gasteiger partial charge in [0.2, 0.25) is 6.29 Å². The van der Waals surface area contributed by atoms with Gasteiger partial charge in [0, 0.05) is 41.6 Å². The van der Waals surface area contributed by atoms with Crippen molar-refractivity contribution >= 4 is 23.7 Å². The van der Waals surface area contributed by atoms with Crippen molar-refractivity contribution in [2.24, 2.45) is 39.4 Å². The van der Waals surface area contributed by atoms with Gasteiger partial charge in [-0.3, -0.25) is 14.4 Å². The van der Waals surface area contributed by atoms with Crippen LogP contribution in [-0.2, 0) is 33.4 Å². The molecule has 9 atom stereocenters. The molecule has 38 heavy (non-hydrogen) atoms. The number of rotatable bonds is 3. The fraction of sp³-hybridized carbons (Fsp3) is 0.667. The molecule has 8 nitrogen and oxygen atoms in total. The number of fused-ring (bicyclic) bond motifs is 5. The van der Waals surface area contributed by atoms with Gasteiger partial charge < -0.3 is 19.3 Å². The van der Waals surface area contributed by atoms with Crippen LogP contribution in [0.2, 0.25) is 0 Å². The highest BCUT2D eigenvalue weighted by atomic mass is 16.6. The number of ketones is 1. The van der Waals surface area contributed by atoms with E-state index in [-0.39, 0.29) is 23.5 Å². The lowest BCUT2D eigenvalue weighted by molar-refractivity contribution is -0.204. The lowest BCUT2D eigenvalue weighted by Gasteiger charge is -2.67. The fourth-order valence-electron chi connectivity index (χ4n) is 9.06. The second kappa shape index (κ2) is 8.38. The number of cyclic esters (lactones) is 1. The third kappa shape index (κ3) is 3.44. The SMILES string of the molecule is CC(=O)O[C@H]1C[C@@H]2[C@@]3(C)C=CC(=O)C(C)(C)[C@@H]3C[C@@H](OC(C)=O)[C@@]2(C)C2=CC[C@@H](C3=CC(O)OC3=O)[C@@]21C. The van der Waals surface area contributed by atoms with Crippen LogP contribution in [0, 0.1) is 39.4 Å². The molecule has 2 saturated carbocycles. The van der Waals surface area contributed by atoms with Crippen LogP contribution in [0.25, 0.3) is 0 Å². The first-order valence-electron chi connectivity index (χ1n) is 13.5. The molecule has 5 aliphatic rings. The third-order valence-electron chi connectivity index (χ3n) is 10.8. The maximum atomic E-state index is 13.0. The van der Waals surface area contributed by atoms with Crippen LogP contribution >= 0.6 is 0 Å². The summed E-state index contributed by atoms with van der Waals surface area (Å²) in [5, 5.41) is 10.0. The Morgan fingerprint density at radius 3 is 2.08 bits per heavy atom. The minimum Gasteiger partial charge on any atom is -0.462 e. The van der Waals surface area contributed by atoms with Crippen molar-refractivity contribution in [1.29, 1.82) is 0 Å². The largest absolute Gasteiger partial charge is 0.462 e. The lowest BCUT2D eigenvalue weighted by Crippen LogP contribution is -2.67. The molecule has 0 saturated heterocycles. The zero-order valence-electron chi connectivity index (χ0n) is 23.2. The molecule has 1 unspecified atom stereocenters. The number of allylic oxidation sites excluding steroid dienone is 3. The Morgan fingerprint density at radius 2 is 1.53 bits per heavy atom. The van der Waals surface area contributed by atoms with E-state index in [0.29, 0.717) is 24.8 Å². The van der Waals surface area contributed by atoms with E-state index in [4.69, 9.17) is 14.2 Å². The first-order valence-corrected chi connectivity index (χ1v) is 13.5. The number of hydrogen-bond donors (Lipinski definition) is 1. The summed E-state index contributed by atoms with van der Waals surface area (Å²) in [7, 11) is 0. The molecular formula is C30H38O8. The van der Waals surface area contributed by atoms with E-state index in [0.717, 1.165) is 5.57 Å². The lowest BCUT2D eigenvalue weighted by atomic mass is 9.38. The Labute approximate surface area is 223 Å². The highest BCUT2D eigenvalue weighted by Gasteiger charge is 2.71. The molecule has 1 heterocycles. The van der Waals surface area contributed by atoms with Crippen LogP contribution in [0.1, 0.15) is 67.7 Å². The van der Waals surface area contributed by atoms with E-state index in [2.05, 4.69) is 19.9 Å². The average molecular weight is 527 g/mol. The maximum absolute atomic E-state index is 13.0. The van der Waals surface area contributed by atoms with Crippen LogP contribution in [0.3, 0.4) is 0 Å². The van der Waals surface area contributed by atoms with Crippen molar-refractivity contribution in [1.82, 2.24) is 0 Å². The minimum absolute atomic E-state index is 0.0488. The number of carbonyl (C=O) groups is 4.